The van der Waals surface area contributed by atoms with Crippen LogP contribution >= 0.6 is 22.6 Å². The van der Waals surface area contributed by atoms with Crippen molar-refractivity contribution < 1.29 is 4.79 Å². The summed E-state index contributed by atoms with van der Waals surface area (Å²) in [6, 6.07) is 10.3. The van der Waals surface area contributed by atoms with Gasteiger partial charge in [-0.15, -0.1) is 0 Å². The lowest BCUT2D eigenvalue weighted by atomic mass is 10.1. The minimum Gasteiger partial charge on any atom is -0.356 e. The molecule has 0 atom stereocenters. The summed E-state index contributed by atoms with van der Waals surface area (Å²) in [5.41, 5.74) is 1.31. The maximum absolute atomic E-state index is 11.4. The summed E-state index contributed by atoms with van der Waals surface area (Å²) >= 11 is 2.32. The number of alkyl halides is 1. The lowest BCUT2D eigenvalue weighted by Crippen LogP contribution is -2.24. The van der Waals surface area contributed by atoms with Crippen molar-refractivity contribution in [3.8, 4) is 0 Å². The number of halogens is 1. The van der Waals surface area contributed by atoms with E-state index in [-0.39, 0.29) is 5.91 Å². The molecule has 1 aromatic rings. The second kappa shape index (κ2) is 8.56. The summed E-state index contributed by atoms with van der Waals surface area (Å²) < 4.78 is 1.10. The molecule has 0 aliphatic rings. The van der Waals surface area contributed by atoms with Gasteiger partial charge in [-0.1, -0.05) is 52.9 Å². The van der Waals surface area contributed by atoms with Crippen molar-refractivity contribution in [2.45, 2.75) is 25.7 Å². The van der Waals surface area contributed by atoms with Gasteiger partial charge in [0.25, 0.3) is 0 Å². The zero-order chi connectivity index (χ0) is 11.6. The fourth-order valence-corrected chi connectivity index (χ4v) is 1.86. The lowest BCUT2D eigenvalue weighted by Gasteiger charge is -2.04. The van der Waals surface area contributed by atoms with Gasteiger partial charge in [-0.05, 0) is 24.8 Å². The molecule has 88 valence electrons. The predicted octanol–water partition coefficient (Wildman–Crippen LogP) is 2.95. The fraction of sp³-hybridized carbons (Fsp3) is 0.462. The molecular formula is C13H18INO. The van der Waals surface area contributed by atoms with E-state index in [2.05, 4.69) is 40.0 Å². The Labute approximate surface area is 111 Å². The number of amides is 1. The average Bonchev–Trinajstić information content (AvgIpc) is 2.31. The Morgan fingerprint density at radius 2 is 1.94 bits per heavy atom. The fourth-order valence-electron chi connectivity index (χ4n) is 1.48. The van der Waals surface area contributed by atoms with E-state index in [9.17, 15) is 4.79 Å². The molecule has 1 aromatic carbocycles. The molecule has 1 N–H and O–H groups in total. The first kappa shape index (κ1) is 13.5. The van der Waals surface area contributed by atoms with Crippen LogP contribution in [0, 0.1) is 0 Å². The van der Waals surface area contributed by atoms with Gasteiger partial charge in [-0.25, -0.2) is 0 Å². The number of hydrogen-bond donors (Lipinski definition) is 1. The molecule has 16 heavy (non-hydrogen) atoms. The monoisotopic (exact) mass is 331 g/mol. The molecule has 0 aliphatic carbocycles. The van der Waals surface area contributed by atoms with E-state index in [0.717, 1.165) is 30.2 Å². The molecule has 1 amide bonds. The van der Waals surface area contributed by atoms with Crippen LogP contribution < -0.4 is 5.32 Å². The van der Waals surface area contributed by atoms with Gasteiger partial charge in [-0.2, -0.15) is 0 Å². The van der Waals surface area contributed by atoms with Crippen LogP contribution in [-0.2, 0) is 11.2 Å². The topological polar surface area (TPSA) is 29.1 Å². The SMILES string of the molecule is O=C(CCCc1ccccc1)NCCCI. The largest absolute Gasteiger partial charge is 0.356 e. The van der Waals surface area contributed by atoms with Crippen molar-refractivity contribution in [2.75, 3.05) is 11.0 Å². The average molecular weight is 331 g/mol. The van der Waals surface area contributed by atoms with Crippen molar-refractivity contribution in [2.24, 2.45) is 0 Å². The van der Waals surface area contributed by atoms with Crippen molar-refractivity contribution >= 4 is 28.5 Å². The smallest absolute Gasteiger partial charge is 0.220 e. The van der Waals surface area contributed by atoms with Gasteiger partial charge < -0.3 is 5.32 Å². The zero-order valence-corrected chi connectivity index (χ0v) is 11.6. The third-order valence-electron chi connectivity index (χ3n) is 2.34. The highest BCUT2D eigenvalue weighted by Gasteiger charge is 2.00. The van der Waals surface area contributed by atoms with Crippen molar-refractivity contribution in [1.82, 2.24) is 5.32 Å². The first-order chi connectivity index (χ1) is 7.83. The lowest BCUT2D eigenvalue weighted by molar-refractivity contribution is -0.121. The minimum atomic E-state index is 0.181. The number of benzene rings is 1. The van der Waals surface area contributed by atoms with E-state index >= 15 is 0 Å². The van der Waals surface area contributed by atoms with Crippen molar-refractivity contribution in [1.29, 1.82) is 0 Å². The number of nitrogens with one attached hydrogen (secondary N) is 1. The molecule has 0 spiro atoms. The quantitative estimate of drug-likeness (QED) is 0.465. The normalized spacial score (nSPS) is 10.1. The predicted molar refractivity (Wildman–Crippen MR) is 75.9 cm³/mol. The van der Waals surface area contributed by atoms with E-state index in [1.54, 1.807) is 0 Å². The number of carbonyl (C=O) groups excluding carboxylic acids is 1. The van der Waals surface area contributed by atoms with E-state index < -0.39 is 0 Å². The van der Waals surface area contributed by atoms with Crippen LogP contribution in [0.3, 0.4) is 0 Å². The molecule has 0 aliphatic heterocycles. The summed E-state index contributed by atoms with van der Waals surface area (Å²) in [4.78, 5) is 11.4. The van der Waals surface area contributed by atoms with Gasteiger partial charge in [0, 0.05) is 17.4 Å². The second-order valence-corrected chi connectivity index (χ2v) is 4.81. The summed E-state index contributed by atoms with van der Waals surface area (Å²) in [6.07, 6.45) is 3.61. The van der Waals surface area contributed by atoms with Crippen LogP contribution in [-0.4, -0.2) is 16.9 Å². The molecule has 0 bridgehead atoms. The van der Waals surface area contributed by atoms with Crippen LogP contribution in [0.5, 0.6) is 0 Å². The van der Waals surface area contributed by atoms with Crippen molar-refractivity contribution in [3.63, 3.8) is 0 Å². The minimum absolute atomic E-state index is 0.181. The molecule has 0 heterocycles. The maximum Gasteiger partial charge on any atom is 0.220 e. The molecule has 0 radical (unpaired) electrons. The first-order valence-corrected chi connectivity index (χ1v) is 7.22. The molecule has 0 saturated heterocycles. The molecule has 1 rings (SSSR count). The highest BCUT2D eigenvalue weighted by Crippen LogP contribution is 2.04. The van der Waals surface area contributed by atoms with Crippen LogP contribution in [0.25, 0.3) is 0 Å². The maximum atomic E-state index is 11.4. The molecule has 0 aromatic heterocycles. The summed E-state index contributed by atoms with van der Waals surface area (Å²) in [6.45, 7) is 0.813. The molecule has 0 saturated carbocycles. The number of aryl methyl sites for hydroxylation is 1. The van der Waals surface area contributed by atoms with Gasteiger partial charge in [0.05, 0.1) is 0 Å². The first-order valence-electron chi connectivity index (χ1n) is 5.69. The molecular weight excluding hydrogens is 313 g/mol. The van der Waals surface area contributed by atoms with Crippen LogP contribution in [0.4, 0.5) is 0 Å². The second-order valence-electron chi connectivity index (χ2n) is 3.73. The Bertz CT molecular complexity index is 300. The molecule has 0 fully saturated rings. The van der Waals surface area contributed by atoms with Gasteiger partial charge in [0.2, 0.25) is 5.91 Å². The summed E-state index contributed by atoms with van der Waals surface area (Å²) in [5.74, 6) is 0.181. The molecule has 3 heteroatoms. The Morgan fingerprint density at radius 3 is 2.62 bits per heavy atom. The number of hydrogen-bond acceptors (Lipinski definition) is 1. The van der Waals surface area contributed by atoms with E-state index in [4.69, 9.17) is 0 Å². The van der Waals surface area contributed by atoms with E-state index in [1.165, 1.54) is 5.56 Å². The zero-order valence-electron chi connectivity index (χ0n) is 9.42. The van der Waals surface area contributed by atoms with Gasteiger partial charge >= 0.3 is 0 Å². The molecule has 0 unspecified atom stereocenters. The van der Waals surface area contributed by atoms with Gasteiger partial charge in [-0.3, -0.25) is 4.79 Å². The number of carbonyl (C=O) groups is 1. The van der Waals surface area contributed by atoms with Crippen LogP contribution in [0.1, 0.15) is 24.8 Å². The van der Waals surface area contributed by atoms with Gasteiger partial charge in [0.15, 0.2) is 0 Å². The standard InChI is InChI=1S/C13H18INO/c14-10-5-11-15-13(16)9-4-8-12-6-2-1-3-7-12/h1-3,6-7H,4-5,8-11H2,(H,15,16). The number of rotatable bonds is 7. The highest BCUT2D eigenvalue weighted by atomic mass is 127. The van der Waals surface area contributed by atoms with Crippen molar-refractivity contribution in [3.05, 3.63) is 35.9 Å². The molecule has 2 nitrogen and oxygen atoms in total. The summed E-state index contributed by atoms with van der Waals surface area (Å²) in [5, 5.41) is 2.93. The van der Waals surface area contributed by atoms with E-state index in [0.29, 0.717) is 6.42 Å². The Balaban J connectivity index is 2.09. The van der Waals surface area contributed by atoms with Crippen LogP contribution in [0.15, 0.2) is 30.3 Å². The summed E-state index contributed by atoms with van der Waals surface area (Å²) in [7, 11) is 0. The van der Waals surface area contributed by atoms with E-state index in [1.807, 2.05) is 18.2 Å². The third kappa shape index (κ3) is 6.10. The Kier molecular flexibility index (Phi) is 7.21. The van der Waals surface area contributed by atoms with Crippen LogP contribution in [0.2, 0.25) is 0 Å². The Hall–Kier alpha value is -0.580. The Morgan fingerprint density at radius 1 is 1.19 bits per heavy atom. The van der Waals surface area contributed by atoms with Gasteiger partial charge in [0.1, 0.15) is 0 Å². The third-order valence-corrected chi connectivity index (χ3v) is 3.11. The highest BCUT2D eigenvalue weighted by molar-refractivity contribution is 14.1.